The van der Waals surface area contributed by atoms with E-state index in [1.165, 1.54) is 25.7 Å². The molecule has 2 aromatic carbocycles. The molecule has 0 saturated carbocycles. The molecular formula is C27H38N4O2. The van der Waals surface area contributed by atoms with Crippen molar-refractivity contribution in [2.24, 2.45) is 10.9 Å². The van der Waals surface area contributed by atoms with Gasteiger partial charge < -0.3 is 15.4 Å². The van der Waals surface area contributed by atoms with Crippen LogP contribution in [0.1, 0.15) is 68.3 Å². The maximum absolute atomic E-state index is 12.5. The lowest BCUT2D eigenvalue weighted by molar-refractivity contribution is 0.0975. The Bertz CT molecular complexity index is 941. The van der Waals surface area contributed by atoms with Gasteiger partial charge in [0.25, 0.3) is 5.91 Å². The van der Waals surface area contributed by atoms with Gasteiger partial charge in [-0.15, -0.1) is 0 Å². The lowest BCUT2D eigenvalue weighted by Gasteiger charge is -2.16. The molecule has 3 rings (SSSR count). The highest BCUT2D eigenvalue weighted by atomic mass is 16.5. The fourth-order valence-corrected chi connectivity index (χ4v) is 4.08. The van der Waals surface area contributed by atoms with E-state index in [1.807, 2.05) is 49.4 Å². The Kier molecular flexibility index (Phi) is 9.60. The Morgan fingerprint density at radius 2 is 2.06 bits per heavy atom. The lowest BCUT2D eigenvalue weighted by Crippen LogP contribution is -2.43. The molecule has 1 atom stereocenters. The van der Waals surface area contributed by atoms with Gasteiger partial charge in [0.15, 0.2) is 5.96 Å². The largest absolute Gasteiger partial charge is 0.494 e. The normalized spacial score (nSPS) is 14.1. The van der Waals surface area contributed by atoms with Crippen LogP contribution in [0.3, 0.4) is 0 Å². The number of aryl methyl sites for hydroxylation is 1. The summed E-state index contributed by atoms with van der Waals surface area (Å²) in [7, 11) is 0. The number of amides is 1. The predicted octanol–water partition coefficient (Wildman–Crippen LogP) is 5.80. The Morgan fingerprint density at radius 3 is 2.79 bits per heavy atom. The number of hydrogen-bond acceptors (Lipinski definition) is 5. The van der Waals surface area contributed by atoms with Gasteiger partial charge in [-0.2, -0.15) is 0 Å². The molecule has 3 N–H and O–H groups in total. The van der Waals surface area contributed by atoms with Crippen LogP contribution in [0.25, 0.3) is 0 Å². The zero-order valence-corrected chi connectivity index (χ0v) is 20.2. The van der Waals surface area contributed by atoms with Gasteiger partial charge in [0.2, 0.25) is 0 Å². The fourth-order valence-electron chi connectivity index (χ4n) is 4.08. The van der Waals surface area contributed by atoms with Crippen molar-refractivity contribution >= 4 is 23.2 Å². The van der Waals surface area contributed by atoms with Crippen molar-refractivity contribution in [2.45, 2.75) is 59.3 Å². The van der Waals surface area contributed by atoms with Gasteiger partial charge in [0, 0.05) is 36.1 Å². The first kappa shape index (κ1) is 24.6. The number of ether oxygens (including phenoxy) is 1. The molecule has 6 heteroatoms. The van der Waals surface area contributed by atoms with Crippen molar-refractivity contribution in [2.75, 3.05) is 25.0 Å². The standard InChI is InChI=1S/C27H38N4O2/c1-4-9-21(5-2)10-7-17-33-24-12-6-11-23(19-24)30-25-14-13-22(18-20(25)3)26(32)31-27-28-15-8-16-29-27/h6,11-14,18-19,21,30H,4-5,7-10,15-17H2,1-3H3,(H2,28,29,31,32). The molecule has 1 heterocycles. The van der Waals surface area contributed by atoms with Crippen LogP contribution in [-0.2, 0) is 0 Å². The summed E-state index contributed by atoms with van der Waals surface area (Å²) in [6, 6.07) is 13.7. The third-order valence-corrected chi connectivity index (χ3v) is 6.03. The molecule has 0 aliphatic carbocycles. The van der Waals surface area contributed by atoms with Crippen molar-refractivity contribution in [3.63, 3.8) is 0 Å². The molecule has 6 nitrogen and oxygen atoms in total. The molecule has 33 heavy (non-hydrogen) atoms. The Hall–Kier alpha value is -3.02. The number of hydrogen-bond donors (Lipinski definition) is 3. The van der Waals surface area contributed by atoms with Gasteiger partial charge >= 0.3 is 0 Å². The van der Waals surface area contributed by atoms with Crippen molar-refractivity contribution in [1.82, 2.24) is 10.6 Å². The molecule has 0 bridgehead atoms. The number of benzene rings is 2. The number of rotatable bonds is 11. The molecule has 1 aliphatic rings. The van der Waals surface area contributed by atoms with E-state index in [4.69, 9.17) is 4.74 Å². The molecule has 1 unspecified atom stereocenters. The monoisotopic (exact) mass is 450 g/mol. The summed E-state index contributed by atoms with van der Waals surface area (Å²) in [5, 5.41) is 9.40. The summed E-state index contributed by atoms with van der Waals surface area (Å²) >= 11 is 0. The van der Waals surface area contributed by atoms with Crippen LogP contribution in [0.15, 0.2) is 47.5 Å². The van der Waals surface area contributed by atoms with Crippen molar-refractivity contribution in [3.8, 4) is 5.75 Å². The molecule has 0 aromatic heterocycles. The smallest absolute Gasteiger partial charge is 0.257 e. The Morgan fingerprint density at radius 1 is 1.18 bits per heavy atom. The first-order valence-corrected chi connectivity index (χ1v) is 12.3. The van der Waals surface area contributed by atoms with E-state index >= 15 is 0 Å². The van der Waals surface area contributed by atoms with E-state index in [2.05, 4.69) is 34.8 Å². The van der Waals surface area contributed by atoms with Crippen LogP contribution < -0.4 is 20.7 Å². The molecule has 0 spiro atoms. The van der Waals surface area contributed by atoms with Crippen LogP contribution >= 0.6 is 0 Å². The third kappa shape index (κ3) is 7.81. The second-order valence-corrected chi connectivity index (χ2v) is 8.70. The molecule has 1 amide bonds. The SMILES string of the molecule is CCCC(CC)CCCOc1cccc(Nc2ccc(C(=O)NC3=NCCCN3)cc2C)c1. The molecule has 2 aromatic rings. The maximum Gasteiger partial charge on any atom is 0.257 e. The minimum atomic E-state index is -0.155. The van der Waals surface area contributed by atoms with Crippen molar-refractivity contribution in [3.05, 3.63) is 53.6 Å². The van der Waals surface area contributed by atoms with E-state index in [1.54, 1.807) is 0 Å². The molecule has 1 aliphatic heterocycles. The topological polar surface area (TPSA) is 74.8 Å². The minimum absolute atomic E-state index is 0.155. The van der Waals surface area contributed by atoms with Crippen LogP contribution in [0.4, 0.5) is 11.4 Å². The van der Waals surface area contributed by atoms with Crippen LogP contribution in [0.5, 0.6) is 5.75 Å². The summed E-state index contributed by atoms with van der Waals surface area (Å²) in [6.45, 7) is 8.85. The first-order valence-electron chi connectivity index (χ1n) is 12.3. The summed E-state index contributed by atoms with van der Waals surface area (Å²) < 4.78 is 6.00. The molecule has 178 valence electrons. The number of carbonyl (C=O) groups excluding carboxylic acids is 1. The number of nitrogens with one attached hydrogen (secondary N) is 3. The molecule has 0 fully saturated rings. The lowest BCUT2D eigenvalue weighted by atomic mass is 9.96. The van der Waals surface area contributed by atoms with E-state index in [0.717, 1.165) is 61.1 Å². The summed E-state index contributed by atoms with van der Waals surface area (Å²) in [4.78, 5) is 16.8. The summed E-state index contributed by atoms with van der Waals surface area (Å²) in [5.74, 6) is 2.08. The highest BCUT2D eigenvalue weighted by Gasteiger charge is 2.12. The van der Waals surface area contributed by atoms with Gasteiger partial charge in [-0.05, 0) is 68.0 Å². The first-order chi connectivity index (χ1) is 16.1. The van der Waals surface area contributed by atoms with Crippen LogP contribution in [0, 0.1) is 12.8 Å². The quantitative estimate of drug-likeness (QED) is 0.378. The van der Waals surface area contributed by atoms with E-state index < -0.39 is 0 Å². The van der Waals surface area contributed by atoms with E-state index in [9.17, 15) is 4.79 Å². The van der Waals surface area contributed by atoms with E-state index in [0.29, 0.717) is 11.5 Å². The average Bonchev–Trinajstić information content (AvgIpc) is 2.83. The van der Waals surface area contributed by atoms with Gasteiger partial charge in [-0.1, -0.05) is 39.2 Å². The number of guanidine groups is 1. The Balaban J connectivity index is 1.54. The highest BCUT2D eigenvalue weighted by molar-refractivity contribution is 6.06. The summed E-state index contributed by atoms with van der Waals surface area (Å²) in [6.07, 6.45) is 7.11. The third-order valence-electron chi connectivity index (χ3n) is 6.03. The predicted molar refractivity (Wildman–Crippen MR) is 137 cm³/mol. The molecular weight excluding hydrogens is 412 g/mol. The van der Waals surface area contributed by atoms with Gasteiger partial charge in [-0.3, -0.25) is 15.1 Å². The average molecular weight is 451 g/mol. The second-order valence-electron chi connectivity index (χ2n) is 8.70. The fraction of sp³-hybridized carbons (Fsp3) is 0.481. The van der Waals surface area contributed by atoms with Gasteiger partial charge in [0.05, 0.1) is 6.61 Å². The van der Waals surface area contributed by atoms with Gasteiger partial charge in [-0.25, -0.2) is 0 Å². The van der Waals surface area contributed by atoms with Crippen molar-refractivity contribution < 1.29 is 9.53 Å². The second kappa shape index (κ2) is 12.9. The number of carbonyl (C=O) groups is 1. The zero-order valence-electron chi connectivity index (χ0n) is 20.2. The van der Waals surface area contributed by atoms with Crippen LogP contribution in [-0.4, -0.2) is 31.6 Å². The van der Waals surface area contributed by atoms with Crippen molar-refractivity contribution in [1.29, 1.82) is 0 Å². The van der Waals surface area contributed by atoms with E-state index in [-0.39, 0.29) is 5.91 Å². The Labute approximate surface area is 198 Å². The number of nitrogens with zero attached hydrogens (tertiary/aromatic N) is 1. The molecule has 0 radical (unpaired) electrons. The zero-order chi connectivity index (χ0) is 23.5. The molecule has 0 saturated heterocycles. The number of anilines is 2. The van der Waals surface area contributed by atoms with Gasteiger partial charge in [0.1, 0.15) is 5.75 Å². The summed E-state index contributed by atoms with van der Waals surface area (Å²) in [5.41, 5.74) is 3.53. The highest BCUT2D eigenvalue weighted by Crippen LogP contribution is 2.25. The number of aliphatic imine (C=N–C) groups is 1. The minimum Gasteiger partial charge on any atom is -0.494 e. The van der Waals surface area contributed by atoms with Crippen LogP contribution in [0.2, 0.25) is 0 Å². The maximum atomic E-state index is 12.5.